The molecule has 0 aliphatic heterocycles. The van der Waals surface area contributed by atoms with E-state index < -0.39 is 11.9 Å². The van der Waals surface area contributed by atoms with Crippen LogP contribution in [0, 0.1) is 17.1 Å². The van der Waals surface area contributed by atoms with Gasteiger partial charge in [-0.3, -0.25) is 0 Å². The predicted molar refractivity (Wildman–Crippen MR) is 83.9 cm³/mol. The summed E-state index contributed by atoms with van der Waals surface area (Å²) in [6, 6.07) is 13.6. The summed E-state index contributed by atoms with van der Waals surface area (Å²) < 4.78 is 13.4. The molecule has 2 atom stereocenters. The number of nitrogens with zero attached hydrogens (tertiary/aromatic N) is 1. The molecule has 114 valence electrons. The van der Waals surface area contributed by atoms with Crippen molar-refractivity contribution in [2.24, 2.45) is 0 Å². The molecule has 5 heteroatoms. The van der Waals surface area contributed by atoms with Gasteiger partial charge in [0.25, 0.3) is 0 Å². The van der Waals surface area contributed by atoms with Crippen LogP contribution in [0.2, 0.25) is 5.02 Å². The first kappa shape index (κ1) is 16.4. The highest BCUT2D eigenvalue weighted by molar-refractivity contribution is 6.30. The molecule has 2 rings (SSSR count). The summed E-state index contributed by atoms with van der Waals surface area (Å²) in [5, 5.41) is 22.2. The Morgan fingerprint density at radius 2 is 2.05 bits per heavy atom. The first-order valence-electron chi connectivity index (χ1n) is 6.87. The van der Waals surface area contributed by atoms with Gasteiger partial charge < -0.3 is 10.4 Å². The van der Waals surface area contributed by atoms with Crippen molar-refractivity contribution in [3.8, 4) is 6.07 Å². The van der Waals surface area contributed by atoms with Crippen LogP contribution in [-0.2, 0) is 0 Å². The largest absolute Gasteiger partial charge is 0.387 e. The third kappa shape index (κ3) is 4.05. The van der Waals surface area contributed by atoms with Gasteiger partial charge in [-0.15, -0.1) is 0 Å². The molecule has 0 radical (unpaired) electrons. The van der Waals surface area contributed by atoms with Gasteiger partial charge >= 0.3 is 0 Å². The number of aliphatic hydroxyl groups excluding tert-OH is 1. The summed E-state index contributed by atoms with van der Waals surface area (Å²) >= 11 is 5.62. The van der Waals surface area contributed by atoms with Gasteiger partial charge in [0.2, 0.25) is 0 Å². The Morgan fingerprint density at radius 1 is 1.27 bits per heavy atom. The molecule has 0 amide bonds. The summed E-state index contributed by atoms with van der Waals surface area (Å²) in [6.45, 7) is 2.20. The van der Waals surface area contributed by atoms with Crippen LogP contribution < -0.4 is 5.32 Å². The van der Waals surface area contributed by atoms with Crippen LogP contribution in [-0.4, -0.2) is 11.7 Å². The maximum Gasteiger partial charge on any atom is 0.142 e. The minimum atomic E-state index is -0.839. The minimum absolute atomic E-state index is 0.0330. The van der Waals surface area contributed by atoms with Crippen molar-refractivity contribution in [3.63, 3.8) is 0 Å². The Bertz CT molecular complexity index is 699. The maximum atomic E-state index is 13.4. The van der Waals surface area contributed by atoms with Crippen LogP contribution in [0.3, 0.4) is 0 Å². The van der Waals surface area contributed by atoms with E-state index in [4.69, 9.17) is 16.9 Å². The van der Waals surface area contributed by atoms with E-state index >= 15 is 0 Å². The quantitative estimate of drug-likeness (QED) is 0.883. The maximum absolute atomic E-state index is 13.4. The van der Waals surface area contributed by atoms with Gasteiger partial charge in [0, 0.05) is 12.6 Å². The summed E-state index contributed by atoms with van der Waals surface area (Å²) in [5.74, 6) is -0.548. The van der Waals surface area contributed by atoms with Gasteiger partial charge in [-0.1, -0.05) is 29.8 Å². The Labute approximate surface area is 134 Å². The van der Waals surface area contributed by atoms with E-state index in [1.54, 1.807) is 18.2 Å². The normalized spacial score (nSPS) is 13.4. The molecular formula is C17H16ClFN2O. The minimum Gasteiger partial charge on any atom is -0.387 e. The zero-order valence-corrected chi connectivity index (χ0v) is 12.8. The Morgan fingerprint density at radius 3 is 2.73 bits per heavy atom. The lowest BCUT2D eigenvalue weighted by atomic mass is 10.0. The third-order valence-electron chi connectivity index (χ3n) is 3.46. The van der Waals surface area contributed by atoms with Crippen LogP contribution in [0.15, 0.2) is 42.5 Å². The van der Waals surface area contributed by atoms with E-state index in [2.05, 4.69) is 11.4 Å². The van der Waals surface area contributed by atoms with Crippen molar-refractivity contribution in [2.75, 3.05) is 6.54 Å². The van der Waals surface area contributed by atoms with E-state index in [0.29, 0.717) is 11.1 Å². The Kier molecular flexibility index (Phi) is 5.51. The lowest BCUT2D eigenvalue weighted by Crippen LogP contribution is -2.24. The van der Waals surface area contributed by atoms with Crippen molar-refractivity contribution in [2.45, 2.75) is 19.1 Å². The van der Waals surface area contributed by atoms with Crippen LogP contribution in [0.25, 0.3) is 0 Å². The molecule has 0 saturated carbocycles. The molecule has 0 fully saturated rings. The molecule has 2 aromatic carbocycles. The van der Waals surface area contributed by atoms with Crippen molar-refractivity contribution in [1.82, 2.24) is 5.32 Å². The number of hydrogen-bond donors (Lipinski definition) is 2. The van der Waals surface area contributed by atoms with Crippen molar-refractivity contribution < 1.29 is 9.50 Å². The number of rotatable bonds is 5. The lowest BCUT2D eigenvalue weighted by Gasteiger charge is -2.18. The number of nitrogens with one attached hydrogen (secondary N) is 1. The SMILES string of the molecule is CC(NCC(O)c1ccc(Cl)c(F)c1)c1cccc(C#N)c1. The highest BCUT2D eigenvalue weighted by atomic mass is 35.5. The van der Waals surface area contributed by atoms with Gasteiger partial charge in [-0.25, -0.2) is 4.39 Å². The first-order chi connectivity index (χ1) is 10.5. The van der Waals surface area contributed by atoms with Crippen molar-refractivity contribution in [3.05, 3.63) is 70.0 Å². The van der Waals surface area contributed by atoms with Gasteiger partial charge in [-0.2, -0.15) is 5.26 Å². The summed E-state index contributed by atoms with van der Waals surface area (Å²) in [4.78, 5) is 0. The number of halogens is 2. The van der Waals surface area contributed by atoms with Gasteiger partial charge in [-0.05, 0) is 42.3 Å². The highest BCUT2D eigenvalue weighted by Crippen LogP contribution is 2.21. The molecule has 0 aliphatic carbocycles. The summed E-state index contributed by atoms with van der Waals surface area (Å²) in [7, 11) is 0. The molecule has 22 heavy (non-hydrogen) atoms. The standard InChI is InChI=1S/C17H16ClFN2O/c1-11(13-4-2-3-12(7-13)9-20)21-10-17(22)14-5-6-15(18)16(19)8-14/h2-8,11,17,21-22H,10H2,1H3. The average Bonchev–Trinajstić information content (AvgIpc) is 2.54. The second kappa shape index (κ2) is 7.37. The monoisotopic (exact) mass is 318 g/mol. The number of benzene rings is 2. The number of nitriles is 1. The Hall–Kier alpha value is -1.93. The molecule has 0 spiro atoms. The van der Waals surface area contributed by atoms with Crippen molar-refractivity contribution in [1.29, 1.82) is 5.26 Å². The molecule has 0 aromatic heterocycles. The smallest absolute Gasteiger partial charge is 0.142 e. The topological polar surface area (TPSA) is 56.0 Å². The predicted octanol–water partition coefficient (Wildman–Crippen LogP) is 3.73. The number of hydrogen-bond acceptors (Lipinski definition) is 3. The molecule has 0 aliphatic rings. The van der Waals surface area contributed by atoms with E-state index in [-0.39, 0.29) is 17.6 Å². The van der Waals surface area contributed by atoms with Crippen LogP contribution in [0.4, 0.5) is 4.39 Å². The van der Waals surface area contributed by atoms with Crippen LogP contribution >= 0.6 is 11.6 Å². The zero-order chi connectivity index (χ0) is 16.1. The summed E-state index contributed by atoms with van der Waals surface area (Å²) in [6.07, 6.45) is -0.839. The fourth-order valence-electron chi connectivity index (χ4n) is 2.12. The van der Waals surface area contributed by atoms with Crippen LogP contribution in [0.1, 0.15) is 35.8 Å². The molecule has 2 aromatic rings. The highest BCUT2D eigenvalue weighted by Gasteiger charge is 2.12. The molecular weight excluding hydrogens is 303 g/mol. The van der Waals surface area contributed by atoms with Gasteiger partial charge in [0.05, 0.1) is 22.8 Å². The lowest BCUT2D eigenvalue weighted by molar-refractivity contribution is 0.170. The molecule has 0 bridgehead atoms. The third-order valence-corrected chi connectivity index (χ3v) is 3.77. The van der Waals surface area contributed by atoms with Crippen molar-refractivity contribution >= 4 is 11.6 Å². The fourth-order valence-corrected chi connectivity index (χ4v) is 2.24. The van der Waals surface area contributed by atoms with E-state index in [1.807, 2.05) is 19.1 Å². The fraction of sp³-hybridized carbons (Fsp3) is 0.235. The molecule has 2 unspecified atom stereocenters. The molecule has 2 N–H and O–H groups in total. The second-order valence-corrected chi connectivity index (χ2v) is 5.46. The van der Waals surface area contributed by atoms with E-state index in [9.17, 15) is 9.50 Å². The van der Waals surface area contributed by atoms with E-state index in [1.165, 1.54) is 12.1 Å². The molecule has 3 nitrogen and oxygen atoms in total. The van der Waals surface area contributed by atoms with Crippen LogP contribution in [0.5, 0.6) is 0 Å². The molecule has 0 saturated heterocycles. The van der Waals surface area contributed by atoms with E-state index in [0.717, 1.165) is 5.56 Å². The van der Waals surface area contributed by atoms with Gasteiger partial charge in [0.1, 0.15) is 5.82 Å². The summed E-state index contributed by atoms with van der Waals surface area (Å²) in [5.41, 5.74) is 2.01. The first-order valence-corrected chi connectivity index (χ1v) is 7.25. The van der Waals surface area contributed by atoms with Gasteiger partial charge in [0.15, 0.2) is 0 Å². The zero-order valence-electron chi connectivity index (χ0n) is 12.1. The Balaban J connectivity index is 1.99. The average molecular weight is 319 g/mol. The number of aliphatic hydroxyl groups is 1. The second-order valence-electron chi connectivity index (χ2n) is 5.06. The molecule has 0 heterocycles.